The van der Waals surface area contributed by atoms with Crippen LogP contribution in [0.2, 0.25) is 0 Å². The number of hydrogen-bond acceptors (Lipinski definition) is 4. The van der Waals surface area contributed by atoms with Gasteiger partial charge in [0, 0.05) is 39.8 Å². The highest BCUT2D eigenvalue weighted by molar-refractivity contribution is 5.79. The standard InChI is InChI=1S/C20H36N6O/c1-3-21-19(23-16-20(12-14-27-2)10-6-7-11-20)22-15-18-25-24-17-9-5-4-8-13-26(17)18/h3-16H2,1-2H3,(H2,21,22,23). The first-order valence-electron chi connectivity index (χ1n) is 10.7. The number of nitrogens with zero attached hydrogens (tertiary/aromatic N) is 4. The summed E-state index contributed by atoms with van der Waals surface area (Å²) >= 11 is 0. The van der Waals surface area contributed by atoms with E-state index >= 15 is 0 Å². The van der Waals surface area contributed by atoms with Gasteiger partial charge in [0.1, 0.15) is 12.4 Å². The topological polar surface area (TPSA) is 76.4 Å². The molecule has 0 amide bonds. The zero-order chi connectivity index (χ0) is 19.0. The monoisotopic (exact) mass is 376 g/mol. The van der Waals surface area contributed by atoms with Crippen molar-refractivity contribution < 1.29 is 4.74 Å². The van der Waals surface area contributed by atoms with E-state index in [9.17, 15) is 0 Å². The number of aliphatic imine (C=N–C) groups is 1. The maximum absolute atomic E-state index is 5.35. The van der Waals surface area contributed by atoms with Crippen molar-refractivity contribution in [1.29, 1.82) is 0 Å². The molecule has 7 heteroatoms. The summed E-state index contributed by atoms with van der Waals surface area (Å²) in [4.78, 5) is 4.81. The summed E-state index contributed by atoms with van der Waals surface area (Å²) in [5.41, 5.74) is 0.345. The van der Waals surface area contributed by atoms with Gasteiger partial charge in [-0.15, -0.1) is 10.2 Å². The van der Waals surface area contributed by atoms with Gasteiger partial charge in [0.25, 0.3) is 0 Å². The van der Waals surface area contributed by atoms with Crippen LogP contribution >= 0.6 is 0 Å². The van der Waals surface area contributed by atoms with E-state index in [2.05, 4.69) is 32.3 Å². The third-order valence-corrected chi connectivity index (χ3v) is 6.04. The SMILES string of the molecule is CCNC(=NCc1nnc2n1CCCCC2)NCC1(CCOC)CCCC1. The number of guanidine groups is 1. The number of fused-ring (bicyclic) bond motifs is 1. The van der Waals surface area contributed by atoms with Gasteiger partial charge in [0.15, 0.2) is 11.8 Å². The van der Waals surface area contributed by atoms with Crippen LogP contribution in [0.4, 0.5) is 0 Å². The van der Waals surface area contributed by atoms with Crippen LogP contribution in [0.3, 0.4) is 0 Å². The van der Waals surface area contributed by atoms with Gasteiger partial charge in [-0.25, -0.2) is 4.99 Å². The van der Waals surface area contributed by atoms with E-state index < -0.39 is 0 Å². The lowest BCUT2D eigenvalue weighted by Crippen LogP contribution is -2.43. The Labute approximate surface area is 163 Å². The quantitative estimate of drug-likeness (QED) is 0.539. The Hall–Kier alpha value is -1.63. The molecular weight excluding hydrogens is 340 g/mol. The Kier molecular flexibility index (Phi) is 7.50. The van der Waals surface area contributed by atoms with Gasteiger partial charge in [-0.3, -0.25) is 0 Å². The van der Waals surface area contributed by atoms with E-state index in [1.54, 1.807) is 7.11 Å². The molecule has 0 aromatic carbocycles. The van der Waals surface area contributed by atoms with E-state index in [4.69, 9.17) is 9.73 Å². The van der Waals surface area contributed by atoms with Gasteiger partial charge < -0.3 is 19.9 Å². The lowest BCUT2D eigenvalue weighted by Gasteiger charge is -2.30. The highest BCUT2D eigenvalue weighted by Crippen LogP contribution is 2.40. The van der Waals surface area contributed by atoms with Crippen molar-refractivity contribution in [2.75, 3.05) is 26.8 Å². The molecule has 1 saturated carbocycles. The zero-order valence-corrected chi connectivity index (χ0v) is 17.1. The van der Waals surface area contributed by atoms with Crippen molar-refractivity contribution in [2.45, 2.75) is 77.8 Å². The zero-order valence-electron chi connectivity index (χ0n) is 17.1. The van der Waals surface area contributed by atoms with E-state index in [1.165, 1.54) is 44.9 Å². The smallest absolute Gasteiger partial charge is 0.191 e. The van der Waals surface area contributed by atoms with Gasteiger partial charge in [-0.2, -0.15) is 0 Å². The van der Waals surface area contributed by atoms with Crippen molar-refractivity contribution >= 4 is 5.96 Å². The first-order chi connectivity index (χ1) is 13.3. The maximum Gasteiger partial charge on any atom is 0.191 e. The summed E-state index contributed by atoms with van der Waals surface area (Å²) < 4.78 is 7.63. The van der Waals surface area contributed by atoms with Crippen molar-refractivity contribution in [3.8, 4) is 0 Å². The minimum absolute atomic E-state index is 0.345. The van der Waals surface area contributed by atoms with Crippen LogP contribution < -0.4 is 10.6 Å². The third-order valence-electron chi connectivity index (χ3n) is 6.04. The second-order valence-electron chi connectivity index (χ2n) is 7.99. The van der Waals surface area contributed by atoms with Gasteiger partial charge in [-0.05, 0) is 44.4 Å². The van der Waals surface area contributed by atoms with E-state index in [0.717, 1.165) is 56.7 Å². The molecule has 2 N–H and O–H groups in total. The summed E-state index contributed by atoms with van der Waals surface area (Å²) in [7, 11) is 1.79. The van der Waals surface area contributed by atoms with Crippen LogP contribution in [0.5, 0.6) is 0 Å². The van der Waals surface area contributed by atoms with Crippen LogP contribution in [0.25, 0.3) is 0 Å². The number of rotatable bonds is 8. The molecule has 1 fully saturated rings. The molecule has 2 heterocycles. The third kappa shape index (κ3) is 5.43. The second kappa shape index (κ2) is 10.1. The summed E-state index contributed by atoms with van der Waals surface area (Å²) in [6.07, 6.45) is 11.1. The Balaban J connectivity index is 1.62. The fourth-order valence-electron chi connectivity index (χ4n) is 4.38. The summed E-state index contributed by atoms with van der Waals surface area (Å²) in [6.45, 7) is 6.36. The Morgan fingerprint density at radius 2 is 2.00 bits per heavy atom. The van der Waals surface area contributed by atoms with Gasteiger partial charge >= 0.3 is 0 Å². The lowest BCUT2D eigenvalue weighted by atomic mass is 9.83. The van der Waals surface area contributed by atoms with Crippen molar-refractivity contribution in [3.63, 3.8) is 0 Å². The predicted octanol–water partition coefficient (Wildman–Crippen LogP) is 2.66. The van der Waals surface area contributed by atoms with E-state index in [-0.39, 0.29) is 0 Å². The summed E-state index contributed by atoms with van der Waals surface area (Å²) in [5.74, 6) is 2.99. The molecule has 2 aliphatic rings. The molecule has 0 spiro atoms. The van der Waals surface area contributed by atoms with Crippen LogP contribution in [-0.2, 0) is 24.2 Å². The number of aromatic nitrogens is 3. The van der Waals surface area contributed by atoms with Crippen LogP contribution in [0, 0.1) is 5.41 Å². The minimum atomic E-state index is 0.345. The fraction of sp³-hybridized carbons (Fsp3) is 0.850. The Bertz CT molecular complexity index is 606. The Morgan fingerprint density at radius 1 is 1.15 bits per heavy atom. The van der Waals surface area contributed by atoms with Gasteiger partial charge in [-0.1, -0.05) is 19.3 Å². The molecule has 0 bridgehead atoms. The molecule has 3 rings (SSSR count). The van der Waals surface area contributed by atoms with Gasteiger partial charge in [0.2, 0.25) is 0 Å². The largest absolute Gasteiger partial charge is 0.385 e. The lowest BCUT2D eigenvalue weighted by molar-refractivity contribution is 0.138. The van der Waals surface area contributed by atoms with E-state index in [1.807, 2.05) is 0 Å². The highest BCUT2D eigenvalue weighted by atomic mass is 16.5. The molecule has 0 saturated heterocycles. The molecule has 0 radical (unpaired) electrons. The molecule has 152 valence electrons. The van der Waals surface area contributed by atoms with Crippen molar-refractivity contribution in [3.05, 3.63) is 11.6 Å². The summed E-state index contributed by atoms with van der Waals surface area (Å²) in [5, 5.41) is 15.8. The van der Waals surface area contributed by atoms with Crippen LogP contribution in [0.15, 0.2) is 4.99 Å². The first-order valence-corrected chi connectivity index (χ1v) is 10.7. The molecular formula is C20H36N6O. The molecule has 1 aliphatic heterocycles. The number of hydrogen-bond donors (Lipinski definition) is 2. The van der Waals surface area contributed by atoms with E-state index in [0.29, 0.717) is 12.0 Å². The number of ether oxygens (including phenoxy) is 1. The average Bonchev–Trinajstić information content (AvgIpc) is 3.23. The molecule has 7 nitrogen and oxygen atoms in total. The molecule has 1 aliphatic carbocycles. The molecule has 1 aromatic heterocycles. The maximum atomic E-state index is 5.35. The van der Waals surface area contributed by atoms with Crippen LogP contribution in [0.1, 0.15) is 69.9 Å². The van der Waals surface area contributed by atoms with Crippen molar-refractivity contribution in [1.82, 2.24) is 25.4 Å². The normalized spacial score (nSPS) is 19.6. The van der Waals surface area contributed by atoms with Gasteiger partial charge in [0.05, 0.1) is 0 Å². The Morgan fingerprint density at radius 3 is 2.78 bits per heavy atom. The number of aryl methyl sites for hydroxylation is 1. The highest BCUT2D eigenvalue weighted by Gasteiger charge is 2.33. The minimum Gasteiger partial charge on any atom is -0.385 e. The van der Waals surface area contributed by atoms with Crippen molar-refractivity contribution in [2.24, 2.45) is 10.4 Å². The molecule has 0 unspecified atom stereocenters. The summed E-state index contributed by atoms with van der Waals surface area (Å²) in [6, 6.07) is 0. The number of nitrogens with one attached hydrogen (secondary N) is 2. The first kappa shape index (κ1) is 20.1. The second-order valence-corrected chi connectivity index (χ2v) is 7.99. The fourth-order valence-corrected chi connectivity index (χ4v) is 4.38. The predicted molar refractivity (Wildman–Crippen MR) is 108 cm³/mol. The number of methoxy groups -OCH3 is 1. The molecule has 0 atom stereocenters. The molecule has 27 heavy (non-hydrogen) atoms. The van der Waals surface area contributed by atoms with Crippen LogP contribution in [-0.4, -0.2) is 47.5 Å². The molecule has 1 aromatic rings. The average molecular weight is 377 g/mol.